The van der Waals surface area contributed by atoms with Gasteiger partial charge in [0.2, 0.25) is 0 Å². The number of nitrogens with one attached hydrogen (secondary N) is 1. The molecule has 2 aromatic heterocycles. The molecule has 1 aliphatic heterocycles. The third kappa shape index (κ3) is 3.40. The van der Waals surface area contributed by atoms with Crippen LogP contribution in [0, 0.1) is 5.82 Å². The zero-order valence-electron chi connectivity index (χ0n) is 16.0. The number of nitrogens with zero attached hydrogens (tertiary/aromatic N) is 4. The summed E-state index contributed by atoms with van der Waals surface area (Å²) in [6.07, 6.45) is 7.43. The summed E-state index contributed by atoms with van der Waals surface area (Å²) >= 11 is 0. The first-order valence-corrected chi connectivity index (χ1v) is 9.45. The van der Waals surface area contributed by atoms with Crippen molar-refractivity contribution < 1.29 is 9.18 Å². The normalized spacial score (nSPS) is 17.7. The van der Waals surface area contributed by atoms with E-state index >= 15 is 0 Å². The van der Waals surface area contributed by atoms with E-state index in [0.29, 0.717) is 12.4 Å². The lowest BCUT2D eigenvalue weighted by molar-refractivity contribution is 0.188. The number of urea groups is 1. The summed E-state index contributed by atoms with van der Waals surface area (Å²) in [5.74, 6) is 0.395. The van der Waals surface area contributed by atoms with Crippen LogP contribution in [0.15, 0.2) is 55.0 Å². The van der Waals surface area contributed by atoms with Gasteiger partial charge in [-0.1, -0.05) is 12.1 Å². The smallest absolute Gasteiger partial charge is 0.318 e. The maximum Gasteiger partial charge on any atom is 0.318 e. The molecule has 2 atom stereocenters. The predicted molar refractivity (Wildman–Crippen MR) is 104 cm³/mol. The molecule has 28 heavy (non-hydrogen) atoms. The number of hydrogen-bond acceptors (Lipinski definition) is 2. The van der Waals surface area contributed by atoms with Crippen LogP contribution in [0.25, 0.3) is 0 Å². The molecule has 146 valence electrons. The second-order valence-corrected chi connectivity index (χ2v) is 7.23. The van der Waals surface area contributed by atoms with E-state index in [-0.39, 0.29) is 17.9 Å². The number of rotatable bonds is 4. The molecule has 0 radical (unpaired) electrons. The molecule has 7 heteroatoms. The van der Waals surface area contributed by atoms with Crippen molar-refractivity contribution in [2.24, 2.45) is 14.1 Å². The molecule has 0 saturated carbocycles. The van der Waals surface area contributed by atoms with Crippen LogP contribution in [-0.2, 0) is 14.1 Å². The molecule has 1 fully saturated rings. The van der Waals surface area contributed by atoms with Crippen molar-refractivity contribution in [2.45, 2.75) is 24.9 Å². The van der Waals surface area contributed by atoms with Gasteiger partial charge in [-0.2, -0.15) is 0 Å². The molecule has 1 aliphatic rings. The Hall–Kier alpha value is -3.09. The van der Waals surface area contributed by atoms with Gasteiger partial charge in [0.25, 0.3) is 0 Å². The van der Waals surface area contributed by atoms with E-state index in [0.717, 1.165) is 24.1 Å². The van der Waals surface area contributed by atoms with Crippen LogP contribution in [0.4, 0.5) is 9.18 Å². The van der Waals surface area contributed by atoms with E-state index in [2.05, 4.69) is 20.9 Å². The highest BCUT2D eigenvalue weighted by molar-refractivity contribution is 5.76. The first-order valence-electron chi connectivity index (χ1n) is 9.45. The van der Waals surface area contributed by atoms with Crippen LogP contribution in [0.3, 0.4) is 0 Å². The minimum atomic E-state index is -0.456. The van der Waals surface area contributed by atoms with E-state index in [4.69, 9.17) is 0 Å². The number of likely N-dealkylation sites (tertiary alicyclic amines) is 1. The molecule has 6 nitrogen and oxygen atoms in total. The number of carbonyl (C=O) groups excluding carboxylic acids is 1. The van der Waals surface area contributed by atoms with Gasteiger partial charge in [-0.15, -0.1) is 0 Å². The lowest BCUT2D eigenvalue weighted by atomic mass is 10.1. The van der Waals surface area contributed by atoms with Gasteiger partial charge in [0.1, 0.15) is 17.7 Å². The van der Waals surface area contributed by atoms with E-state index in [1.807, 2.05) is 42.0 Å². The van der Waals surface area contributed by atoms with E-state index in [9.17, 15) is 9.18 Å². The first-order chi connectivity index (χ1) is 13.5. The Morgan fingerprint density at radius 3 is 2.61 bits per heavy atom. The summed E-state index contributed by atoms with van der Waals surface area (Å²) < 4.78 is 17.3. The summed E-state index contributed by atoms with van der Waals surface area (Å²) in [4.78, 5) is 19.5. The third-order valence-electron chi connectivity index (χ3n) is 5.43. The van der Waals surface area contributed by atoms with Crippen LogP contribution in [-0.4, -0.2) is 31.6 Å². The van der Waals surface area contributed by atoms with Crippen LogP contribution >= 0.6 is 0 Å². The molecule has 0 aliphatic carbocycles. The topological polar surface area (TPSA) is 55.1 Å². The Bertz CT molecular complexity index is 961. The van der Waals surface area contributed by atoms with Gasteiger partial charge in [-0.3, -0.25) is 0 Å². The summed E-state index contributed by atoms with van der Waals surface area (Å²) in [6.45, 7) is 0.707. The highest BCUT2D eigenvalue weighted by atomic mass is 19.1. The Labute approximate surface area is 163 Å². The van der Waals surface area contributed by atoms with Crippen LogP contribution in [0.1, 0.15) is 42.0 Å². The number of aryl methyl sites for hydroxylation is 2. The molecule has 1 N–H and O–H groups in total. The Balaban J connectivity index is 1.61. The van der Waals surface area contributed by atoms with Crippen LogP contribution < -0.4 is 5.32 Å². The third-order valence-corrected chi connectivity index (χ3v) is 5.43. The fourth-order valence-corrected chi connectivity index (χ4v) is 3.95. The molecule has 3 heterocycles. The van der Waals surface area contributed by atoms with Crippen molar-refractivity contribution >= 4 is 6.03 Å². The van der Waals surface area contributed by atoms with Crippen LogP contribution in [0.2, 0.25) is 0 Å². The fourth-order valence-electron chi connectivity index (χ4n) is 3.95. The van der Waals surface area contributed by atoms with Gasteiger partial charge >= 0.3 is 6.03 Å². The summed E-state index contributed by atoms with van der Waals surface area (Å²) in [6, 6.07) is 9.70. The first kappa shape index (κ1) is 18.3. The lowest BCUT2D eigenvalue weighted by Gasteiger charge is -2.28. The number of aromatic nitrogens is 3. The highest BCUT2D eigenvalue weighted by Crippen LogP contribution is 2.32. The Kier molecular flexibility index (Phi) is 4.90. The molecule has 4 rings (SSSR count). The molecule has 2 unspecified atom stereocenters. The molecule has 0 bridgehead atoms. The van der Waals surface area contributed by atoms with Gasteiger partial charge in [-0.25, -0.2) is 14.2 Å². The summed E-state index contributed by atoms with van der Waals surface area (Å²) in [5, 5.41) is 3.12. The highest BCUT2D eigenvalue weighted by Gasteiger charge is 2.33. The lowest BCUT2D eigenvalue weighted by Crippen LogP contribution is -2.42. The largest absolute Gasteiger partial charge is 0.353 e. The maximum atomic E-state index is 13.4. The van der Waals surface area contributed by atoms with Crippen LogP contribution in [0.5, 0.6) is 0 Å². The second kappa shape index (κ2) is 7.50. The van der Waals surface area contributed by atoms with Gasteiger partial charge in [0, 0.05) is 44.9 Å². The number of hydrogen-bond donors (Lipinski definition) is 1. The molecule has 3 aromatic rings. The molecular formula is C21H24FN5O. The van der Waals surface area contributed by atoms with Gasteiger partial charge in [0.15, 0.2) is 0 Å². The predicted octanol–water partition coefficient (Wildman–Crippen LogP) is 3.53. The monoisotopic (exact) mass is 381 g/mol. The minimum absolute atomic E-state index is 0.0511. The number of amides is 2. The molecule has 1 aromatic carbocycles. The molecule has 0 spiro atoms. The number of halogens is 1. The SMILES string of the molecule is Cn1cccc1C1CCCN1C(=O)NC(c1ccc(F)cc1)c1nccn1C. The van der Waals surface area contributed by atoms with Crippen molar-refractivity contribution in [2.75, 3.05) is 6.54 Å². The fraction of sp³-hybridized carbons (Fsp3) is 0.333. The van der Waals surface area contributed by atoms with Gasteiger partial charge < -0.3 is 19.4 Å². The summed E-state index contributed by atoms with van der Waals surface area (Å²) in [5.41, 5.74) is 1.92. The summed E-state index contributed by atoms with van der Waals surface area (Å²) in [7, 11) is 3.88. The van der Waals surface area contributed by atoms with E-state index in [1.165, 1.54) is 12.1 Å². The van der Waals surface area contributed by atoms with E-state index in [1.54, 1.807) is 18.3 Å². The maximum absolute atomic E-state index is 13.4. The zero-order chi connectivity index (χ0) is 19.7. The second-order valence-electron chi connectivity index (χ2n) is 7.23. The van der Waals surface area contributed by atoms with Crippen molar-refractivity contribution in [3.8, 4) is 0 Å². The quantitative estimate of drug-likeness (QED) is 0.752. The van der Waals surface area contributed by atoms with Gasteiger partial charge in [-0.05, 0) is 42.7 Å². The van der Waals surface area contributed by atoms with Crippen molar-refractivity contribution in [1.82, 2.24) is 24.3 Å². The molecular weight excluding hydrogens is 357 g/mol. The number of imidazole rings is 1. The Morgan fingerprint density at radius 2 is 1.96 bits per heavy atom. The van der Waals surface area contributed by atoms with Crippen molar-refractivity contribution in [3.63, 3.8) is 0 Å². The Morgan fingerprint density at radius 1 is 1.18 bits per heavy atom. The zero-order valence-corrected chi connectivity index (χ0v) is 16.0. The molecule has 2 amide bonds. The van der Waals surface area contributed by atoms with Gasteiger partial charge in [0.05, 0.1) is 6.04 Å². The molecule has 1 saturated heterocycles. The minimum Gasteiger partial charge on any atom is -0.353 e. The average molecular weight is 381 g/mol. The number of benzene rings is 1. The van der Waals surface area contributed by atoms with Crippen molar-refractivity contribution in [3.05, 3.63) is 77.9 Å². The average Bonchev–Trinajstić information content (AvgIpc) is 3.41. The standard InChI is InChI=1S/C21H24FN5O/c1-25-12-3-5-17(25)18-6-4-13-27(18)21(28)24-19(20-23-11-14-26(20)2)15-7-9-16(22)10-8-15/h3,5,7-12,14,18-19H,4,6,13H2,1-2H3,(H,24,28). The van der Waals surface area contributed by atoms with E-state index < -0.39 is 6.04 Å². The number of carbonyl (C=O) groups is 1. The van der Waals surface area contributed by atoms with Crippen molar-refractivity contribution in [1.29, 1.82) is 0 Å².